The van der Waals surface area contributed by atoms with E-state index in [1.54, 1.807) is 11.8 Å². The molecule has 0 radical (unpaired) electrons. The molecule has 0 fully saturated rings. The van der Waals surface area contributed by atoms with Crippen molar-refractivity contribution in [3.8, 4) is 0 Å². The van der Waals surface area contributed by atoms with Gasteiger partial charge in [0.15, 0.2) is 5.78 Å². The summed E-state index contributed by atoms with van der Waals surface area (Å²) in [5, 5.41) is 0. The summed E-state index contributed by atoms with van der Waals surface area (Å²) in [7, 11) is 1.39. The summed E-state index contributed by atoms with van der Waals surface area (Å²) in [5.41, 5.74) is 1.45. The molecule has 1 aliphatic rings. The van der Waals surface area contributed by atoms with Gasteiger partial charge in [-0.15, -0.1) is 0 Å². The molecule has 1 heterocycles. The van der Waals surface area contributed by atoms with Crippen LogP contribution in [0.2, 0.25) is 0 Å². The van der Waals surface area contributed by atoms with E-state index < -0.39 is 6.04 Å². The number of carbonyl (C=O) groups excluding carboxylic acids is 2. The minimum Gasteiger partial charge on any atom is -0.467 e. The quantitative estimate of drug-likeness (QED) is 0.133. The van der Waals surface area contributed by atoms with E-state index in [-0.39, 0.29) is 17.7 Å². The molecule has 1 aliphatic heterocycles. The molecule has 2 unspecified atom stereocenters. The summed E-state index contributed by atoms with van der Waals surface area (Å²) in [5.74, 6) is -0.195. The third-order valence-electron chi connectivity index (χ3n) is 6.83. The number of ether oxygens (including phenoxy) is 1. The fourth-order valence-electron chi connectivity index (χ4n) is 4.58. The standard InChI is InChI=1S/C30H45NO3/c1-4-5-6-7-8-9-10-11-12-13-14-16-19-26-22-23-31(25(2)30(33)34-3)24-28(26)29(32)27-20-17-15-18-21-27/h15,17-18,20-26H,4-14,16,19H2,1-3H3. The lowest BCUT2D eigenvalue weighted by molar-refractivity contribution is -0.144. The van der Waals surface area contributed by atoms with Gasteiger partial charge in [-0.3, -0.25) is 4.79 Å². The van der Waals surface area contributed by atoms with Crippen molar-refractivity contribution in [3.63, 3.8) is 0 Å². The topological polar surface area (TPSA) is 46.6 Å². The Labute approximate surface area is 207 Å². The second kappa shape index (κ2) is 16.3. The Hall–Kier alpha value is -2.36. The maximum Gasteiger partial charge on any atom is 0.328 e. The van der Waals surface area contributed by atoms with E-state index in [1.807, 2.05) is 42.7 Å². The number of rotatable bonds is 17. The van der Waals surface area contributed by atoms with Gasteiger partial charge in [0, 0.05) is 29.5 Å². The number of unbranched alkanes of at least 4 members (excludes halogenated alkanes) is 11. The Balaban J connectivity index is 1.81. The van der Waals surface area contributed by atoms with Crippen molar-refractivity contribution in [2.24, 2.45) is 5.92 Å². The van der Waals surface area contributed by atoms with Crippen LogP contribution in [0.1, 0.15) is 108 Å². The molecule has 0 aliphatic carbocycles. The first-order valence-corrected chi connectivity index (χ1v) is 13.4. The van der Waals surface area contributed by atoms with Crippen molar-refractivity contribution in [1.29, 1.82) is 0 Å². The van der Waals surface area contributed by atoms with E-state index in [2.05, 4.69) is 13.0 Å². The molecule has 0 aromatic heterocycles. The second-order valence-corrected chi connectivity index (χ2v) is 9.55. The predicted molar refractivity (Wildman–Crippen MR) is 140 cm³/mol. The van der Waals surface area contributed by atoms with Crippen LogP contribution in [0.15, 0.2) is 54.4 Å². The highest BCUT2D eigenvalue weighted by molar-refractivity contribution is 6.09. The zero-order valence-electron chi connectivity index (χ0n) is 21.6. The van der Waals surface area contributed by atoms with Gasteiger partial charge in [0.2, 0.25) is 0 Å². The van der Waals surface area contributed by atoms with Crippen LogP contribution in [-0.2, 0) is 9.53 Å². The highest BCUT2D eigenvalue weighted by atomic mass is 16.5. The minimum atomic E-state index is -0.465. The number of methoxy groups -OCH3 is 1. The Bertz CT molecular complexity index is 783. The number of esters is 1. The summed E-state index contributed by atoms with van der Waals surface area (Å²) in [6, 6.07) is 8.95. The predicted octanol–water partition coefficient (Wildman–Crippen LogP) is 7.85. The highest BCUT2D eigenvalue weighted by Crippen LogP contribution is 2.29. The molecule has 0 bridgehead atoms. The first-order valence-electron chi connectivity index (χ1n) is 13.4. The van der Waals surface area contributed by atoms with E-state index >= 15 is 0 Å². The van der Waals surface area contributed by atoms with Crippen LogP contribution in [0.3, 0.4) is 0 Å². The normalized spacial score (nSPS) is 16.3. The van der Waals surface area contributed by atoms with Gasteiger partial charge in [-0.1, -0.05) is 120 Å². The van der Waals surface area contributed by atoms with E-state index in [9.17, 15) is 9.59 Å². The molecule has 1 aromatic rings. The number of hydrogen-bond donors (Lipinski definition) is 0. The molecule has 4 nitrogen and oxygen atoms in total. The zero-order chi connectivity index (χ0) is 24.6. The van der Waals surface area contributed by atoms with Gasteiger partial charge in [0.1, 0.15) is 6.04 Å². The third kappa shape index (κ3) is 9.48. The van der Waals surface area contributed by atoms with Crippen LogP contribution in [0.4, 0.5) is 0 Å². The molecule has 0 saturated heterocycles. The van der Waals surface area contributed by atoms with Crippen LogP contribution in [0, 0.1) is 5.92 Å². The Kier molecular flexibility index (Phi) is 13.4. The molecule has 2 atom stereocenters. The summed E-state index contributed by atoms with van der Waals surface area (Å²) < 4.78 is 4.89. The summed E-state index contributed by atoms with van der Waals surface area (Å²) in [4.78, 5) is 27.1. The van der Waals surface area contributed by atoms with Crippen molar-refractivity contribution in [3.05, 3.63) is 59.9 Å². The first-order chi connectivity index (χ1) is 16.6. The fraction of sp³-hybridized carbons (Fsp3) is 0.600. The van der Waals surface area contributed by atoms with E-state index in [0.29, 0.717) is 5.56 Å². The molecule has 0 saturated carbocycles. The largest absolute Gasteiger partial charge is 0.467 e. The summed E-state index contributed by atoms with van der Waals surface area (Å²) in [6.07, 6.45) is 22.7. The van der Waals surface area contributed by atoms with Crippen LogP contribution < -0.4 is 0 Å². The molecule has 34 heavy (non-hydrogen) atoms. The zero-order valence-corrected chi connectivity index (χ0v) is 21.6. The van der Waals surface area contributed by atoms with Crippen molar-refractivity contribution < 1.29 is 14.3 Å². The van der Waals surface area contributed by atoms with Gasteiger partial charge in [-0.25, -0.2) is 4.79 Å². The molecule has 0 amide bonds. The Morgan fingerprint density at radius 2 is 1.44 bits per heavy atom. The van der Waals surface area contributed by atoms with Crippen LogP contribution in [0.5, 0.6) is 0 Å². The van der Waals surface area contributed by atoms with Gasteiger partial charge in [0.05, 0.1) is 7.11 Å². The van der Waals surface area contributed by atoms with Gasteiger partial charge < -0.3 is 9.64 Å². The van der Waals surface area contributed by atoms with Gasteiger partial charge >= 0.3 is 5.97 Å². The third-order valence-corrected chi connectivity index (χ3v) is 6.83. The maximum absolute atomic E-state index is 13.3. The smallest absolute Gasteiger partial charge is 0.328 e. The number of allylic oxidation sites excluding steroid dienone is 2. The lowest BCUT2D eigenvalue weighted by Gasteiger charge is -2.29. The molecule has 0 N–H and O–H groups in total. The van der Waals surface area contributed by atoms with E-state index in [4.69, 9.17) is 4.74 Å². The van der Waals surface area contributed by atoms with E-state index in [1.165, 1.54) is 77.7 Å². The monoisotopic (exact) mass is 467 g/mol. The number of hydrogen-bond acceptors (Lipinski definition) is 4. The van der Waals surface area contributed by atoms with Crippen LogP contribution >= 0.6 is 0 Å². The van der Waals surface area contributed by atoms with Crippen LogP contribution in [0.25, 0.3) is 0 Å². The first kappa shape index (κ1) is 27.9. The molecule has 188 valence electrons. The van der Waals surface area contributed by atoms with Crippen molar-refractivity contribution >= 4 is 11.8 Å². The van der Waals surface area contributed by atoms with Crippen molar-refractivity contribution in [1.82, 2.24) is 4.90 Å². The van der Waals surface area contributed by atoms with Gasteiger partial charge in [-0.2, -0.15) is 0 Å². The number of benzene rings is 1. The molecular formula is C30H45NO3. The lowest BCUT2D eigenvalue weighted by atomic mass is 9.86. The Morgan fingerprint density at radius 3 is 2.00 bits per heavy atom. The molecule has 2 rings (SSSR count). The minimum absolute atomic E-state index is 0.0379. The lowest BCUT2D eigenvalue weighted by Crippen LogP contribution is -2.35. The average Bonchev–Trinajstić information content (AvgIpc) is 2.88. The summed E-state index contributed by atoms with van der Waals surface area (Å²) in [6.45, 7) is 4.06. The maximum atomic E-state index is 13.3. The number of carbonyl (C=O) groups is 2. The van der Waals surface area contributed by atoms with Crippen molar-refractivity contribution in [2.75, 3.05) is 7.11 Å². The average molecular weight is 468 g/mol. The van der Waals surface area contributed by atoms with Gasteiger partial charge in [0.25, 0.3) is 0 Å². The van der Waals surface area contributed by atoms with Crippen molar-refractivity contribution in [2.45, 2.75) is 103 Å². The number of Topliss-reactive ketones (excluding diaryl/α,β-unsaturated/α-hetero) is 1. The molecule has 4 heteroatoms. The van der Waals surface area contributed by atoms with Crippen LogP contribution in [-0.4, -0.2) is 29.8 Å². The van der Waals surface area contributed by atoms with E-state index in [0.717, 1.165) is 18.4 Å². The fourth-order valence-corrected chi connectivity index (χ4v) is 4.58. The summed E-state index contributed by atoms with van der Waals surface area (Å²) >= 11 is 0. The number of ketones is 1. The number of nitrogens with zero attached hydrogens (tertiary/aromatic N) is 1. The Morgan fingerprint density at radius 1 is 0.882 bits per heavy atom. The van der Waals surface area contributed by atoms with Gasteiger partial charge in [-0.05, 0) is 13.3 Å². The SMILES string of the molecule is CCCCCCCCCCCCCCC1C=CN(C(C)C(=O)OC)C=C1C(=O)c1ccccc1. The highest BCUT2D eigenvalue weighted by Gasteiger charge is 2.27. The second-order valence-electron chi connectivity index (χ2n) is 9.55. The molecular weight excluding hydrogens is 422 g/mol. The molecule has 1 aromatic carbocycles. The molecule has 0 spiro atoms.